The van der Waals surface area contributed by atoms with Crippen LogP contribution in [0.4, 0.5) is 9.18 Å². The molecule has 0 aliphatic carbocycles. The van der Waals surface area contributed by atoms with Crippen LogP contribution in [0.2, 0.25) is 0 Å². The van der Waals surface area contributed by atoms with Gasteiger partial charge in [-0.3, -0.25) is 0 Å². The number of amides is 1. The average Bonchev–Trinajstić information content (AvgIpc) is 3.34. The molecular formula is C25H26FNO3S. The molecule has 2 aromatic carbocycles. The van der Waals surface area contributed by atoms with E-state index in [-0.39, 0.29) is 24.6 Å². The summed E-state index contributed by atoms with van der Waals surface area (Å²) in [4.78, 5) is 15.8. The summed E-state index contributed by atoms with van der Waals surface area (Å²) >= 11 is 1.59. The number of ether oxygens (including phenoxy) is 1. The third-order valence-electron chi connectivity index (χ3n) is 6.02. The highest BCUT2D eigenvalue weighted by Crippen LogP contribution is 2.42. The molecule has 0 spiro atoms. The number of aliphatic hydroxyl groups is 1. The second kappa shape index (κ2) is 9.20. The van der Waals surface area contributed by atoms with Gasteiger partial charge in [-0.1, -0.05) is 42.5 Å². The summed E-state index contributed by atoms with van der Waals surface area (Å²) < 4.78 is 19.2. The van der Waals surface area contributed by atoms with Crippen molar-refractivity contribution in [2.45, 2.75) is 37.8 Å². The summed E-state index contributed by atoms with van der Waals surface area (Å²) in [6.45, 7) is 2.66. The van der Waals surface area contributed by atoms with Crippen LogP contribution in [-0.4, -0.2) is 29.3 Å². The Bertz CT molecular complexity index is 1000. The Balaban J connectivity index is 1.49. The second-order valence-electron chi connectivity index (χ2n) is 7.91. The predicted octanol–water partition coefficient (Wildman–Crippen LogP) is 6.13. The molecule has 1 aromatic heterocycles. The Morgan fingerprint density at radius 1 is 1.13 bits per heavy atom. The Labute approximate surface area is 185 Å². The first-order chi connectivity index (χ1) is 15.0. The Morgan fingerprint density at radius 3 is 2.39 bits per heavy atom. The van der Waals surface area contributed by atoms with Crippen LogP contribution in [0.3, 0.4) is 0 Å². The van der Waals surface area contributed by atoms with Gasteiger partial charge < -0.3 is 14.7 Å². The highest BCUT2D eigenvalue weighted by molar-refractivity contribution is 7.10. The largest absolute Gasteiger partial charge is 0.437 e. The van der Waals surface area contributed by atoms with Crippen molar-refractivity contribution in [3.63, 3.8) is 0 Å². The topological polar surface area (TPSA) is 49.8 Å². The smallest absolute Gasteiger partial charge is 0.411 e. The normalized spacial score (nSPS) is 19.8. The molecule has 1 N–H and O–H groups in total. The van der Waals surface area contributed by atoms with Crippen molar-refractivity contribution in [1.82, 2.24) is 4.90 Å². The predicted molar refractivity (Wildman–Crippen MR) is 120 cm³/mol. The maximum absolute atomic E-state index is 13.2. The zero-order valence-corrected chi connectivity index (χ0v) is 18.3. The number of carbonyl (C=O) groups excluding carboxylic acids is 1. The summed E-state index contributed by atoms with van der Waals surface area (Å²) in [5, 5.41) is 11.3. The number of nitrogens with zero attached hydrogens (tertiary/aromatic N) is 1. The molecule has 1 amide bonds. The van der Waals surface area contributed by atoms with Crippen molar-refractivity contribution in [3.05, 3.63) is 82.3 Å². The van der Waals surface area contributed by atoms with E-state index in [1.165, 1.54) is 12.1 Å². The van der Waals surface area contributed by atoms with Gasteiger partial charge in [0.1, 0.15) is 11.4 Å². The van der Waals surface area contributed by atoms with Gasteiger partial charge in [0.25, 0.3) is 0 Å². The van der Waals surface area contributed by atoms with Crippen molar-refractivity contribution >= 4 is 17.4 Å². The molecule has 1 aliphatic heterocycles. The third-order valence-corrected chi connectivity index (χ3v) is 7.08. The van der Waals surface area contributed by atoms with Gasteiger partial charge in [0.05, 0.1) is 6.04 Å². The summed E-state index contributed by atoms with van der Waals surface area (Å²) in [7, 11) is 0. The van der Waals surface area contributed by atoms with Crippen molar-refractivity contribution < 1.29 is 19.0 Å². The van der Waals surface area contributed by atoms with Crippen LogP contribution in [0.25, 0.3) is 11.1 Å². The van der Waals surface area contributed by atoms with E-state index < -0.39 is 5.60 Å². The summed E-state index contributed by atoms with van der Waals surface area (Å²) in [6.07, 6.45) is 1.57. The minimum Gasteiger partial charge on any atom is -0.437 e. The molecule has 0 radical (unpaired) electrons. The van der Waals surface area contributed by atoms with Crippen LogP contribution in [0.1, 0.15) is 42.7 Å². The molecule has 3 aromatic rings. The van der Waals surface area contributed by atoms with Gasteiger partial charge in [-0.05, 0) is 60.0 Å². The van der Waals surface area contributed by atoms with Gasteiger partial charge in [-0.2, -0.15) is 0 Å². The molecule has 4 rings (SSSR count). The first-order valence-electron chi connectivity index (χ1n) is 10.5. The molecule has 0 bridgehead atoms. The zero-order chi connectivity index (χ0) is 21.8. The van der Waals surface area contributed by atoms with E-state index in [1.807, 2.05) is 48.7 Å². The first kappa shape index (κ1) is 21.5. The molecule has 2 unspecified atom stereocenters. The maximum atomic E-state index is 13.2. The molecule has 1 saturated heterocycles. The second-order valence-corrected chi connectivity index (χ2v) is 8.86. The fraction of sp³-hybridized carbons (Fsp3) is 0.320. The Hall–Kier alpha value is -2.70. The SMILES string of the molecule is CC(c1ccc(-c2ccc(F)cc2)cc1)N1CCC(CCCO)(c2cccs2)OC1=O. The standard InChI is InChI=1S/C25H26FNO3S/c1-18(19-5-7-20(8-6-19)21-9-11-22(26)12-10-21)27-15-14-25(13-3-16-28,30-24(27)29)23-4-2-17-31-23/h2,4-12,17-18,28H,3,13-16H2,1H3. The van der Waals surface area contributed by atoms with Crippen molar-refractivity contribution in [1.29, 1.82) is 0 Å². The monoisotopic (exact) mass is 439 g/mol. The van der Waals surface area contributed by atoms with Crippen LogP contribution in [-0.2, 0) is 10.3 Å². The molecule has 6 heteroatoms. The number of benzene rings is 2. The molecule has 2 heterocycles. The lowest BCUT2D eigenvalue weighted by atomic mass is 9.89. The Kier molecular flexibility index (Phi) is 6.39. The van der Waals surface area contributed by atoms with Gasteiger partial charge in [0.15, 0.2) is 0 Å². The van der Waals surface area contributed by atoms with Crippen LogP contribution < -0.4 is 0 Å². The van der Waals surface area contributed by atoms with Gasteiger partial charge in [0, 0.05) is 24.4 Å². The highest BCUT2D eigenvalue weighted by Gasteiger charge is 2.43. The van der Waals surface area contributed by atoms with E-state index in [0.29, 0.717) is 25.8 Å². The van der Waals surface area contributed by atoms with Crippen molar-refractivity contribution in [2.24, 2.45) is 0 Å². The number of rotatable bonds is 7. The van der Waals surface area contributed by atoms with Crippen LogP contribution >= 0.6 is 11.3 Å². The highest BCUT2D eigenvalue weighted by atomic mass is 32.1. The van der Waals surface area contributed by atoms with Crippen LogP contribution in [0.5, 0.6) is 0 Å². The number of halogens is 1. The lowest BCUT2D eigenvalue weighted by Crippen LogP contribution is -2.48. The van der Waals surface area contributed by atoms with E-state index in [0.717, 1.165) is 21.6 Å². The zero-order valence-electron chi connectivity index (χ0n) is 17.5. The van der Waals surface area contributed by atoms with Gasteiger partial charge >= 0.3 is 6.09 Å². The fourth-order valence-electron chi connectivity index (χ4n) is 4.17. The first-order valence-corrected chi connectivity index (χ1v) is 11.4. The van der Waals surface area contributed by atoms with E-state index in [9.17, 15) is 14.3 Å². The summed E-state index contributed by atoms with van der Waals surface area (Å²) in [5.74, 6) is -0.254. The third kappa shape index (κ3) is 4.50. The number of thiophene rings is 1. The van der Waals surface area contributed by atoms with E-state index >= 15 is 0 Å². The van der Waals surface area contributed by atoms with E-state index in [2.05, 4.69) is 0 Å². The molecule has 162 valence electrons. The van der Waals surface area contributed by atoms with E-state index in [1.54, 1.807) is 28.4 Å². The fourth-order valence-corrected chi connectivity index (χ4v) is 5.09. The number of hydrogen-bond acceptors (Lipinski definition) is 4. The summed E-state index contributed by atoms with van der Waals surface area (Å²) in [5.41, 5.74) is 2.30. The maximum Gasteiger partial charge on any atom is 0.411 e. The molecule has 1 aliphatic rings. The number of hydrogen-bond donors (Lipinski definition) is 1. The minimum absolute atomic E-state index is 0.0746. The average molecular weight is 440 g/mol. The van der Waals surface area contributed by atoms with Crippen molar-refractivity contribution in [2.75, 3.05) is 13.2 Å². The van der Waals surface area contributed by atoms with Gasteiger partial charge in [-0.25, -0.2) is 9.18 Å². The van der Waals surface area contributed by atoms with Crippen LogP contribution in [0.15, 0.2) is 66.0 Å². The van der Waals surface area contributed by atoms with Gasteiger partial charge in [-0.15, -0.1) is 11.3 Å². The molecule has 31 heavy (non-hydrogen) atoms. The molecule has 0 saturated carbocycles. The van der Waals surface area contributed by atoms with E-state index in [4.69, 9.17) is 4.74 Å². The summed E-state index contributed by atoms with van der Waals surface area (Å²) in [6, 6.07) is 18.2. The molecule has 1 fully saturated rings. The molecular weight excluding hydrogens is 413 g/mol. The van der Waals surface area contributed by atoms with Gasteiger partial charge in [0.2, 0.25) is 0 Å². The molecule has 4 nitrogen and oxygen atoms in total. The molecule has 2 atom stereocenters. The van der Waals surface area contributed by atoms with Crippen LogP contribution in [0, 0.1) is 5.82 Å². The quantitative estimate of drug-likeness (QED) is 0.482. The lowest BCUT2D eigenvalue weighted by Gasteiger charge is -2.43. The lowest BCUT2D eigenvalue weighted by molar-refractivity contribution is -0.0658. The number of cyclic esters (lactones) is 1. The minimum atomic E-state index is -0.656. The Morgan fingerprint density at radius 2 is 1.81 bits per heavy atom. The number of aliphatic hydroxyl groups excluding tert-OH is 1. The number of carbonyl (C=O) groups is 1. The van der Waals surface area contributed by atoms with Crippen molar-refractivity contribution in [3.8, 4) is 11.1 Å².